The molecule has 0 aliphatic heterocycles. The quantitative estimate of drug-likeness (QED) is 0.138. The maximum absolute atomic E-state index is 14.1. The zero-order valence-electron chi connectivity index (χ0n) is 22.7. The Labute approximate surface area is 214 Å². The maximum Gasteiger partial charge on any atom is 0.337 e. The van der Waals surface area contributed by atoms with Gasteiger partial charge in [0.25, 0.3) is 0 Å². The van der Waals surface area contributed by atoms with Crippen molar-refractivity contribution in [1.82, 2.24) is 0 Å². The van der Waals surface area contributed by atoms with Crippen molar-refractivity contribution in [1.29, 1.82) is 0 Å². The number of ketones is 2. The normalized spacial score (nSPS) is 16.7. The average molecular weight is 523 g/mol. The molecular formula is C26H38O9Si. The predicted octanol–water partition coefficient (Wildman–Crippen LogP) is 4.37. The van der Waals surface area contributed by atoms with Crippen molar-refractivity contribution in [3.63, 3.8) is 0 Å². The lowest BCUT2D eigenvalue weighted by Crippen LogP contribution is -2.47. The number of carbonyl (C=O) groups excluding carboxylic acids is 3. The van der Waals surface area contributed by atoms with Gasteiger partial charge in [0.1, 0.15) is 17.1 Å². The number of hydrogen-bond donors (Lipinski definition) is 0. The van der Waals surface area contributed by atoms with Gasteiger partial charge < -0.3 is 28.1 Å². The molecule has 10 heteroatoms. The smallest absolute Gasteiger partial charge is 0.337 e. The number of ether oxygens (including phenoxy) is 5. The second-order valence-corrected chi connectivity index (χ2v) is 14.9. The molecule has 1 aliphatic carbocycles. The van der Waals surface area contributed by atoms with Crippen LogP contribution in [0.5, 0.6) is 11.5 Å². The fourth-order valence-electron chi connectivity index (χ4n) is 3.63. The van der Waals surface area contributed by atoms with Gasteiger partial charge in [-0.25, -0.2) is 4.79 Å². The van der Waals surface area contributed by atoms with Crippen LogP contribution in [0, 0.1) is 6.92 Å². The topological polar surface area (TPSA) is 107 Å². The first-order valence-electron chi connectivity index (χ1n) is 11.7. The molecule has 200 valence electrons. The largest absolute Gasteiger partial charge is 0.467 e. The van der Waals surface area contributed by atoms with Crippen LogP contribution < -0.4 is 9.47 Å². The molecule has 1 aromatic carbocycles. The Morgan fingerprint density at radius 2 is 1.53 bits per heavy atom. The second-order valence-electron chi connectivity index (χ2n) is 10.2. The molecule has 1 aromatic rings. The molecule has 0 saturated carbocycles. The molecule has 0 radical (unpaired) electrons. The van der Waals surface area contributed by atoms with Gasteiger partial charge >= 0.3 is 5.97 Å². The third-order valence-electron chi connectivity index (χ3n) is 6.48. The molecule has 0 aromatic heterocycles. The second kappa shape index (κ2) is 12.1. The van der Waals surface area contributed by atoms with Gasteiger partial charge in [-0.15, -0.1) is 0 Å². The Kier molecular flexibility index (Phi) is 10.0. The number of carbonyl (C=O) groups is 3. The van der Waals surface area contributed by atoms with Crippen LogP contribution in [0.4, 0.5) is 0 Å². The summed E-state index contributed by atoms with van der Waals surface area (Å²) in [4.78, 5) is 40.3. The van der Waals surface area contributed by atoms with E-state index in [1.54, 1.807) is 12.1 Å². The third kappa shape index (κ3) is 6.61. The molecule has 1 aliphatic rings. The summed E-state index contributed by atoms with van der Waals surface area (Å²) in [5.41, 5.74) is 0.400. The van der Waals surface area contributed by atoms with E-state index in [2.05, 4.69) is 20.8 Å². The van der Waals surface area contributed by atoms with Crippen LogP contribution in [0.25, 0.3) is 0 Å². The molecule has 0 amide bonds. The van der Waals surface area contributed by atoms with Crippen molar-refractivity contribution in [2.75, 3.05) is 34.9 Å². The molecule has 0 heterocycles. The number of esters is 1. The third-order valence-corrected chi connectivity index (χ3v) is 11.0. The fourth-order valence-corrected chi connectivity index (χ4v) is 4.93. The molecule has 0 saturated heterocycles. The molecule has 1 atom stereocenters. The van der Waals surface area contributed by atoms with Gasteiger partial charge in [0.15, 0.2) is 27.7 Å². The fraction of sp³-hybridized carbons (Fsp3) is 0.577. The predicted molar refractivity (Wildman–Crippen MR) is 136 cm³/mol. The number of hydrogen-bond acceptors (Lipinski definition) is 9. The molecule has 2 rings (SSSR count). The summed E-state index contributed by atoms with van der Waals surface area (Å²) in [6.45, 7) is 11.9. The van der Waals surface area contributed by atoms with Crippen molar-refractivity contribution >= 4 is 25.9 Å². The number of Topliss-reactive ketones (excluding diaryl/α,β-unsaturated/α-hetero) is 2. The Hall–Kier alpha value is -2.53. The summed E-state index contributed by atoms with van der Waals surface area (Å²) in [5.74, 6) is -1.64. The summed E-state index contributed by atoms with van der Waals surface area (Å²) in [6.07, 6.45) is -0.428. The minimum Gasteiger partial charge on any atom is -0.467 e. The Morgan fingerprint density at radius 3 is 1.97 bits per heavy atom. The number of methoxy groups -OCH3 is 3. The van der Waals surface area contributed by atoms with Gasteiger partial charge in [0.05, 0.1) is 24.4 Å². The van der Waals surface area contributed by atoms with Gasteiger partial charge in [0, 0.05) is 20.6 Å². The van der Waals surface area contributed by atoms with E-state index < -0.39 is 32.0 Å². The van der Waals surface area contributed by atoms with Crippen molar-refractivity contribution in [3.8, 4) is 11.5 Å². The highest BCUT2D eigenvalue weighted by Crippen LogP contribution is 2.41. The lowest BCUT2D eigenvalue weighted by atomic mass is 9.83. The number of aryl methyl sites for hydroxylation is 1. The summed E-state index contributed by atoms with van der Waals surface area (Å²) >= 11 is 0. The van der Waals surface area contributed by atoms with Crippen molar-refractivity contribution in [2.45, 2.75) is 64.8 Å². The van der Waals surface area contributed by atoms with Crippen LogP contribution in [-0.2, 0) is 28.2 Å². The van der Waals surface area contributed by atoms with E-state index in [9.17, 15) is 14.4 Å². The molecular weight excluding hydrogens is 484 g/mol. The SMILES string of the molecule is COCOc1cc(C)cc(OCOC)c1C(=O)C1=C(C(=O)OC)C(O[Si](C)(C)C(C)(C)C)CCC1=O. The van der Waals surface area contributed by atoms with E-state index in [1.807, 2.05) is 20.0 Å². The van der Waals surface area contributed by atoms with E-state index >= 15 is 0 Å². The minimum absolute atomic E-state index is 0.00701. The summed E-state index contributed by atoms with van der Waals surface area (Å²) in [7, 11) is 1.74. The van der Waals surface area contributed by atoms with Crippen LogP contribution in [0.2, 0.25) is 18.1 Å². The molecule has 0 N–H and O–H groups in total. The number of allylic oxidation sites excluding steroid dienone is 1. The summed E-state index contributed by atoms with van der Waals surface area (Å²) < 4.78 is 32.9. The monoisotopic (exact) mass is 522 g/mol. The van der Waals surface area contributed by atoms with Crippen LogP contribution >= 0.6 is 0 Å². The molecule has 0 fully saturated rings. The molecule has 1 unspecified atom stereocenters. The van der Waals surface area contributed by atoms with Gasteiger partial charge in [-0.05, 0) is 49.2 Å². The molecule has 36 heavy (non-hydrogen) atoms. The van der Waals surface area contributed by atoms with Crippen LogP contribution in [-0.4, -0.2) is 66.9 Å². The summed E-state index contributed by atoms with van der Waals surface area (Å²) in [5, 5.41) is -0.154. The first-order chi connectivity index (χ1) is 16.8. The van der Waals surface area contributed by atoms with E-state index in [0.29, 0.717) is 0 Å². The van der Waals surface area contributed by atoms with Gasteiger partial charge in [0.2, 0.25) is 5.78 Å². The lowest BCUT2D eigenvalue weighted by molar-refractivity contribution is -0.138. The first-order valence-corrected chi connectivity index (χ1v) is 14.7. The molecule has 9 nitrogen and oxygen atoms in total. The van der Waals surface area contributed by atoms with E-state index in [-0.39, 0.29) is 59.7 Å². The standard InChI is InChI=1S/C26H38O9Si/c1-16-12-19(33-14-30-5)22(20(13-16)34-15-31-6)24(28)21-17(27)10-11-18(23(21)25(29)32-7)35-36(8,9)26(2,3)4/h12-13,18H,10-11,14-15H2,1-9H3. The highest BCUT2D eigenvalue weighted by atomic mass is 28.4. The summed E-state index contributed by atoms with van der Waals surface area (Å²) in [6, 6.07) is 3.28. The van der Waals surface area contributed by atoms with Gasteiger partial charge in [-0.1, -0.05) is 20.8 Å². The van der Waals surface area contributed by atoms with Crippen molar-refractivity contribution in [2.24, 2.45) is 0 Å². The van der Waals surface area contributed by atoms with E-state index in [4.69, 9.17) is 28.1 Å². The van der Waals surface area contributed by atoms with Gasteiger partial charge in [-0.2, -0.15) is 0 Å². The molecule has 0 spiro atoms. The van der Waals surface area contributed by atoms with Crippen LogP contribution in [0.15, 0.2) is 23.3 Å². The highest BCUT2D eigenvalue weighted by Gasteiger charge is 2.45. The molecule has 0 bridgehead atoms. The van der Waals surface area contributed by atoms with Gasteiger partial charge in [-0.3, -0.25) is 9.59 Å². The minimum atomic E-state index is -2.37. The Bertz CT molecular complexity index is 992. The number of rotatable bonds is 11. The zero-order valence-corrected chi connectivity index (χ0v) is 23.7. The lowest BCUT2D eigenvalue weighted by Gasteiger charge is -2.40. The van der Waals surface area contributed by atoms with Crippen LogP contribution in [0.3, 0.4) is 0 Å². The Balaban J connectivity index is 2.76. The van der Waals surface area contributed by atoms with E-state index in [0.717, 1.165) is 5.56 Å². The maximum atomic E-state index is 14.1. The number of benzene rings is 1. The van der Waals surface area contributed by atoms with E-state index in [1.165, 1.54) is 21.3 Å². The Morgan fingerprint density at radius 1 is 1.00 bits per heavy atom. The first kappa shape index (κ1) is 29.7. The van der Waals surface area contributed by atoms with Crippen LogP contribution in [0.1, 0.15) is 49.5 Å². The zero-order chi connectivity index (χ0) is 27.3. The average Bonchev–Trinajstić information content (AvgIpc) is 2.80. The van der Waals surface area contributed by atoms with Crippen molar-refractivity contribution in [3.05, 3.63) is 34.4 Å². The highest BCUT2D eigenvalue weighted by molar-refractivity contribution is 6.74. The van der Waals surface area contributed by atoms with Crippen molar-refractivity contribution < 1.29 is 42.5 Å².